The lowest BCUT2D eigenvalue weighted by atomic mass is 9.87. The zero-order valence-corrected chi connectivity index (χ0v) is 11.4. The van der Waals surface area contributed by atoms with E-state index in [9.17, 15) is 0 Å². The van der Waals surface area contributed by atoms with Gasteiger partial charge in [-0.2, -0.15) is 0 Å². The summed E-state index contributed by atoms with van der Waals surface area (Å²) < 4.78 is 5.40. The summed E-state index contributed by atoms with van der Waals surface area (Å²) >= 11 is 12.1. The van der Waals surface area contributed by atoms with Crippen molar-refractivity contribution in [2.24, 2.45) is 5.92 Å². The van der Waals surface area contributed by atoms with E-state index in [1.165, 1.54) is 0 Å². The van der Waals surface area contributed by atoms with E-state index in [1.54, 1.807) is 6.07 Å². The Labute approximate surface area is 112 Å². The molecule has 1 atom stereocenters. The summed E-state index contributed by atoms with van der Waals surface area (Å²) in [5.41, 5.74) is 1.16. The molecule has 1 N–H and O–H groups in total. The van der Waals surface area contributed by atoms with Gasteiger partial charge in [0.1, 0.15) is 0 Å². The van der Waals surface area contributed by atoms with Gasteiger partial charge in [-0.1, -0.05) is 23.2 Å². The second kappa shape index (κ2) is 6.05. The number of hydrogen-bond donors (Lipinski definition) is 1. The number of ether oxygens (including phenoxy) is 1. The van der Waals surface area contributed by atoms with E-state index >= 15 is 0 Å². The van der Waals surface area contributed by atoms with Crippen molar-refractivity contribution in [3.8, 4) is 0 Å². The molecule has 1 aliphatic heterocycles. The first-order chi connectivity index (χ1) is 8.20. The Morgan fingerprint density at radius 2 is 1.76 bits per heavy atom. The summed E-state index contributed by atoms with van der Waals surface area (Å²) in [7, 11) is 1.98. The average molecular weight is 274 g/mol. The first-order valence-corrected chi connectivity index (χ1v) is 6.67. The molecule has 17 heavy (non-hydrogen) atoms. The monoisotopic (exact) mass is 273 g/mol. The molecule has 1 aromatic carbocycles. The fourth-order valence-electron chi connectivity index (χ4n) is 2.48. The molecule has 1 aliphatic rings. The highest BCUT2D eigenvalue weighted by Crippen LogP contribution is 2.32. The standard InChI is InChI=1S/C13H17Cl2NO/c1-16-13(9-2-4-17-5-3-9)10-6-11(14)8-12(15)7-10/h6-9,13,16H,2-5H2,1H3. The summed E-state index contributed by atoms with van der Waals surface area (Å²) in [6, 6.07) is 6.05. The van der Waals surface area contributed by atoms with Crippen LogP contribution in [0.15, 0.2) is 18.2 Å². The number of rotatable bonds is 3. The molecule has 94 valence electrons. The predicted octanol–water partition coefficient (Wildman–Crippen LogP) is 3.68. The lowest BCUT2D eigenvalue weighted by Crippen LogP contribution is -2.30. The predicted molar refractivity (Wildman–Crippen MR) is 71.8 cm³/mol. The second-order valence-electron chi connectivity index (χ2n) is 4.42. The van der Waals surface area contributed by atoms with E-state index in [2.05, 4.69) is 5.32 Å². The summed E-state index contributed by atoms with van der Waals surface area (Å²) in [5, 5.41) is 4.76. The van der Waals surface area contributed by atoms with Crippen LogP contribution in [0.25, 0.3) is 0 Å². The van der Waals surface area contributed by atoms with Crippen molar-refractivity contribution >= 4 is 23.2 Å². The molecular weight excluding hydrogens is 257 g/mol. The molecule has 4 heteroatoms. The van der Waals surface area contributed by atoms with Crippen LogP contribution in [0.1, 0.15) is 24.4 Å². The van der Waals surface area contributed by atoms with Crippen LogP contribution in [0, 0.1) is 5.92 Å². The third-order valence-corrected chi connectivity index (χ3v) is 3.73. The zero-order valence-electron chi connectivity index (χ0n) is 9.88. The van der Waals surface area contributed by atoms with Gasteiger partial charge in [0.15, 0.2) is 0 Å². The second-order valence-corrected chi connectivity index (χ2v) is 5.29. The number of nitrogens with one attached hydrogen (secondary N) is 1. The highest BCUT2D eigenvalue weighted by molar-refractivity contribution is 6.34. The van der Waals surface area contributed by atoms with Crippen molar-refractivity contribution in [1.82, 2.24) is 5.32 Å². The average Bonchev–Trinajstić information content (AvgIpc) is 2.30. The van der Waals surface area contributed by atoms with E-state index < -0.39 is 0 Å². The largest absolute Gasteiger partial charge is 0.381 e. The van der Waals surface area contributed by atoms with E-state index in [-0.39, 0.29) is 0 Å². The van der Waals surface area contributed by atoms with Crippen molar-refractivity contribution < 1.29 is 4.74 Å². The Bertz CT molecular complexity index is 357. The maximum atomic E-state index is 6.05. The van der Waals surface area contributed by atoms with Gasteiger partial charge >= 0.3 is 0 Å². The van der Waals surface area contributed by atoms with Gasteiger partial charge < -0.3 is 10.1 Å². The summed E-state index contributed by atoms with van der Waals surface area (Å²) in [6.45, 7) is 1.69. The third kappa shape index (κ3) is 3.35. The minimum atomic E-state index is 0.301. The Balaban J connectivity index is 2.21. The molecule has 1 heterocycles. The molecule has 0 bridgehead atoms. The van der Waals surface area contributed by atoms with Crippen molar-refractivity contribution in [2.45, 2.75) is 18.9 Å². The first kappa shape index (κ1) is 13.2. The van der Waals surface area contributed by atoms with Gasteiger partial charge in [0, 0.05) is 29.3 Å². The summed E-state index contributed by atoms with van der Waals surface area (Å²) in [6.07, 6.45) is 2.16. The minimum absolute atomic E-state index is 0.301. The molecule has 0 aromatic heterocycles. The maximum Gasteiger partial charge on any atom is 0.0469 e. The van der Waals surface area contributed by atoms with Crippen LogP contribution < -0.4 is 5.32 Å². The third-order valence-electron chi connectivity index (χ3n) is 3.29. The molecule has 2 nitrogen and oxygen atoms in total. The molecule has 0 spiro atoms. The fourth-order valence-corrected chi connectivity index (χ4v) is 3.02. The Kier molecular flexibility index (Phi) is 4.69. The van der Waals surface area contributed by atoms with Gasteiger partial charge in [0.25, 0.3) is 0 Å². The van der Waals surface area contributed by atoms with Crippen LogP contribution in [0.5, 0.6) is 0 Å². The molecule has 1 fully saturated rings. The first-order valence-electron chi connectivity index (χ1n) is 5.91. The van der Waals surface area contributed by atoms with Crippen LogP contribution in [0.3, 0.4) is 0 Å². The number of hydrogen-bond acceptors (Lipinski definition) is 2. The van der Waals surface area contributed by atoms with Gasteiger partial charge in [0.2, 0.25) is 0 Å². The van der Waals surface area contributed by atoms with Crippen LogP contribution in [-0.2, 0) is 4.74 Å². The summed E-state index contributed by atoms with van der Waals surface area (Å²) in [4.78, 5) is 0. The summed E-state index contributed by atoms with van der Waals surface area (Å²) in [5.74, 6) is 0.586. The Morgan fingerprint density at radius 1 is 1.18 bits per heavy atom. The fraction of sp³-hybridized carbons (Fsp3) is 0.538. The van der Waals surface area contributed by atoms with E-state index in [1.807, 2.05) is 19.2 Å². The molecular formula is C13H17Cl2NO. The molecule has 0 aliphatic carbocycles. The molecule has 2 rings (SSSR count). The quantitative estimate of drug-likeness (QED) is 0.907. The van der Waals surface area contributed by atoms with E-state index in [4.69, 9.17) is 27.9 Å². The minimum Gasteiger partial charge on any atom is -0.381 e. The van der Waals surface area contributed by atoms with E-state index in [0.717, 1.165) is 31.6 Å². The lowest BCUT2D eigenvalue weighted by molar-refractivity contribution is 0.0546. The van der Waals surface area contributed by atoms with Crippen molar-refractivity contribution in [3.63, 3.8) is 0 Å². The smallest absolute Gasteiger partial charge is 0.0469 e. The van der Waals surface area contributed by atoms with Gasteiger partial charge in [-0.25, -0.2) is 0 Å². The van der Waals surface area contributed by atoms with Crippen LogP contribution in [0.2, 0.25) is 10.0 Å². The molecule has 1 saturated heterocycles. The number of halogens is 2. The van der Waals surface area contributed by atoms with Gasteiger partial charge in [-0.3, -0.25) is 0 Å². The normalized spacial score (nSPS) is 19.2. The Hall–Kier alpha value is -0.280. The highest BCUT2D eigenvalue weighted by atomic mass is 35.5. The van der Waals surface area contributed by atoms with Crippen LogP contribution in [-0.4, -0.2) is 20.3 Å². The topological polar surface area (TPSA) is 21.3 Å². The lowest BCUT2D eigenvalue weighted by Gasteiger charge is -2.30. The van der Waals surface area contributed by atoms with Crippen LogP contribution >= 0.6 is 23.2 Å². The Morgan fingerprint density at radius 3 is 2.29 bits per heavy atom. The maximum absolute atomic E-state index is 6.05. The molecule has 0 amide bonds. The molecule has 0 radical (unpaired) electrons. The van der Waals surface area contributed by atoms with Gasteiger partial charge in [0.05, 0.1) is 0 Å². The van der Waals surface area contributed by atoms with Gasteiger partial charge in [-0.15, -0.1) is 0 Å². The molecule has 0 saturated carbocycles. The number of benzene rings is 1. The van der Waals surface area contributed by atoms with Crippen molar-refractivity contribution in [3.05, 3.63) is 33.8 Å². The zero-order chi connectivity index (χ0) is 12.3. The highest BCUT2D eigenvalue weighted by Gasteiger charge is 2.24. The SMILES string of the molecule is CNC(c1cc(Cl)cc(Cl)c1)C1CCOCC1. The van der Waals surface area contributed by atoms with Crippen molar-refractivity contribution in [2.75, 3.05) is 20.3 Å². The van der Waals surface area contributed by atoms with Crippen molar-refractivity contribution in [1.29, 1.82) is 0 Å². The van der Waals surface area contributed by atoms with Crippen LogP contribution in [0.4, 0.5) is 0 Å². The molecule has 1 aromatic rings. The van der Waals surface area contributed by atoms with E-state index in [0.29, 0.717) is 22.0 Å². The molecule has 1 unspecified atom stereocenters. The van der Waals surface area contributed by atoms with Gasteiger partial charge in [-0.05, 0) is 49.6 Å².